The molecule has 2 aliphatic heterocycles. The second-order valence-electron chi connectivity index (χ2n) is 8.38. The van der Waals surface area contributed by atoms with Crippen molar-refractivity contribution in [3.63, 3.8) is 0 Å². The number of benzene rings is 1. The van der Waals surface area contributed by atoms with Gasteiger partial charge in [0.05, 0.1) is 27.4 Å². The van der Waals surface area contributed by atoms with Gasteiger partial charge in [-0.2, -0.15) is 0 Å². The molecule has 0 spiro atoms. The molecule has 30 heavy (non-hydrogen) atoms. The van der Waals surface area contributed by atoms with E-state index in [1.807, 2.05) is 0 Å². The maximum atomic E-state index is 11.3. The maximum Gasteiger partial charge on any atom is 0.302 e. The highest BCUT2D eigenvalue weighted by Gasteiger charge is 2.35. The van der Waals surface area contributed by atoms with E-state index in [4.69, 9.17) is 18.9 Å². The summed E-state index contributed by atoms with van der Waals surface area (Å²) in [5, 5.41) is 4.98. The van der Waals surface area contributed by atoms with Crippen LogP contribution in [0.25, 0.3) is 0 Å². The molecule has 168 valence electrons. The Morgan fingerprint density at radius 3 is 2.57 bits per heavy atom. The van der Waals surface area contributed by atoms with Crippen molar-refractivity contribution in [2.45, 2.75) is 51.6 Å². The Labute approximate surface area is 180 Å². The van der Waals surface area contributed by atoms with Crippen LogP contribution in [0, 0.1) is 5.92 Å². The number of hydrogen-bond acceptors (Lipinski definition) is 7. The van der Waals surface area contributed by atoms with Crippen LogP contribution in [-0.2, 0) is 20.8 Å². The van der Waals surface area contributed by atoms with Gasteiger partial charge in [-0.05, 0) is 54.4 Å². The summed E-state index contributed by atoms with van der Waals surface area (Å²) in [6, 6.07) is 4.64. The van der Waals surface area contributed by atoms with Crippen LogP contribution >= 0.6 is 0 Å². The molecule has 1 aromatic rings. The van der Waals surface area contributed by atoms with Crippen molar-refractivity contribution in [1.29, 1.82) is 0 Å². The minimum absolute atomic E-state index is 0.232. The summed E-state index contributed by atoms with van der Waals surface area (Å²) in [6.07, 6.45) is 3.14. The Hall–Kier alpha value is -1.83. The highest BCUT2D eigenvalue weighted by atomic mass is 16.5. The number of hydrogen-bond donors (Lipinski definition) is 0. The highest BCUT2D eigenvalue weighted by molar-refractivity contribution is 5.65. The molecule has 0 bridgehead atoms. The monoisotopic (exact) mass is 420 g/mol. The molecule has 7 nitrogen and oxygen atoms in total. The highest BCUT2D eigenvalue weighted by Crippen LogP contribution is 2.41. The van der Waals surface area contributed by atoms with Gasteiger partial charge in [-0.1, -0.05) is 6.92 Å². The van der Waals surface area contributed by atoms with Crippen molar-refractivity contribution in [1.82, 2.24) is 10.0 Å². The number of carbonyl (C=O) groups excluding carboxylic acids is 1. The number of ether oxygens (including phenoxy) is 4. The Morgan fingerprint density at radius 1 is 1.17 bits per heavy atom. The lowest BCUT2D eigenvalue weighted by Crippen LogP contribution is -2.48. The minimum Gasteiger partial charge on any atom is -0.493 e. The Balaban J connectivity index is 1.94. The molecule has 0 radical (unpaired) electrons. The normalized spacial score (nSPS) is 24.9. The van der Waals surface area contributed by atoms with E-state index in [9.17, 15) is 4.79 Å². The van der Waals surface area contributed by atoms with Gasteiger partial charge in [0.1, 0.15) is 0 Å². The molecule has 3 atom stereocenters. The molecule has 1 saturated heterocycles. The summed E-state index contributed by atoms with van der Waals surface area (Å²) in [6.45, 7) is 7.76. The lowest BCUT2D eigenvalue weighted by atomic mass is 9.83. The number of methoxy groups -OCH3 is 3. The van der Waals surface area contributed by atoms with Crippen LogP contribution in [0.4, 0.5) is 0 Å². The number of hydrazine groups is 1. The predicted octanol–water partition coefficient (Wildman–Crippen LogP) is 3.22. The summed E-state index contributed by atoms with van der Waals surface area (Å²) < 4.78 is 22.0. The van der Waals surface area contributed by atoms with Crippen LogP contribution in [-0.4, -0.2) is 69.7 Å². The predicted molar refractivity (Wildman–Crippen MR) is 115 cm³/mol. The Morgan fingerprint density at radius 2 is 1.90 bits per heavy atom. The summed E-state index contributed by atoms with van der Waals surface area (Å²) >= 11 is 0. The fourth-order valence-electron chi connectivity index (χ4n) is 4.97. The second kappa shape index (κ2) is 10.5. The first-order chi connectivity index (χ1) is 14.5. The quantitative estimate of drug-likeness (QED) is 0.599. The molecule has 3 rings (SSSR count). The molecular formula is C23H36N2O5. The fourth-order valence-corrected chi connectivity index (χ4v) is 4.97. The van der Waals surface area contributed by atoms with E-state index >= 15 is 0 Å². The summed E-state index contributed by atoms with van der Waals surface area (Å²) in [5.74, 6) is 1.92. The smallest absolute Gasteiger partial charge is 0.302 e. The van der Waals surface area contributed by atoms with Crippen molar-refractivity contribution in [3.8, 4) is 11.5 Å². The number of carbonyl (C=O) groups is 1. The van der Waals surface area contributed by atoms with Gasteiger partial charge < -0.3 is 18.9 Å². The third-order valence-corrected chi connectivity index (χ3v) is 6.39. The molecule has 0 aromatic heterocycles. The van der Waals surface area contributed by atoms with Gasteiger partial charge in [-0.3, -0.25) is 4.79 Å². The van der Waals surface area contributed by atoms with E-state index in [-0.39, 0.29) is 11.9 Å². The molecule has 7 heteroatoms. The van der Waals surface area contributed by atoms with E-state index in [1.165, 1.54) is 24.5 Å². The molecule has 0 N–H and O–H groups in total. The molecule has 0 amide bonds. The topological polar surface area (TPSA) is 60.5 Å². The van der Waals surface area contributed by atoms with Crippen LogP contribution in [0.5, 0.6) is 11.5 Å². The molecule has 2 aliphatic rings. The Bertz CT molecular complexity index is 726. The molecular weight excluding hydrogens is 384 g/mol. The van der Waals surface area contributed by atoms with Crippen molar-refractivity contribution >= 4 is 5.97 Å². The van der Waals surface area contributed by atoms with Crippen LogP contribution in [0.15, 0.2) is 12.1 Å². The number of nitrogens with zero attached hydrogens (tertiary/aromatic N) is 2. The average Bonchev–Trinajstić information content (AvgIpc) is 3.13. The minimum atomic E-state index is -0.232. The maximum absolute atomic E-state index is 11.3. The summed E-state index contributed by atoms with van der Waals surface area (Å²) in [5.41, 5.74) is 2.50. The first kappa shape index (κ1) is 22.8. The largest absolute Gasteiger partial charge is 0.493 e. The second-order valence-corrected chi connectivity index (χ2v) is 8.38. The van der Waals surface area contributed by atoms with Crippen LogP contribution in [0.2, 0.25) is 0 Å². The standard InChI is InChI=1S/C23H36N2O5/c1-16-13-24(25-9-6-7-19(25)15-27-3)14-18-11-22(28-4)23(29-5)12-21(18)20(16)8-10-30-17(2)26/h11-12,16,19-20H,6-10,13-15H2,1-5H3/t16-,19+,20+/m1/s1. The molecule has 1 aromatic carbocycles. The van der Waals surface area contributed by atoms with Gasteiger partial charge >= 0.3 is 5.97 Å². The third kappa shape index (κ3) is 5.07. The van der Waals surface area contributed by atoms with Crippen LogP contribution < -0.4 is 9.47 Å². The molecule has 0 aliphatic carbocycles. The van der Waals surface area contributed by atoms with Gasteiger partial charge in [0.25, 0.3) is 0 Å². The van der Waals surface area contributed by atoms with E-state index in [0.29, 0.717) is 18.6 Å². The van der Waals surface area contributed by atoms with E-state index in [2.05, 4.69) is 29.1 Å². The lowest BCUT2D eigenvalue weighted by molar-refractivity contribution is -0.141. The molecule has 1 fully saturated rings. The summed E-state index contributed by atoms with van der Waals surface area (Å²) in [7, 11) is 5.12. The van der Waals surface area contributed by atoms with Crippen molar-refractivity contribution in [3.05, 3.63) is 23.3 Å². The van der Waals surface area contributed by atoms with E-state index < -0.39 is 0 Å². The molecule has 0 saturated carbocycles. The van der Waals surface area contributed by atoms with Gasteiger partial charge in [-0.25, -0.2) is 10.0 Å². The zero-order chi connectivity index (χ0) is 21.7. The average molecular weight is 421 g/mol. The first-order valence-corrected chi connectivity index (χ1v) is 10.9. The van der Waals surface area contributed by atoms with Crippen LogP contribution in [0.1, 0.15) is 50.2 Å². The third-order valence-electron chi connectivity index (χ3n) is 6.39. The van der Waals surface area contributed by atoms with Crippen LogP contribution in [0.3, 0.4) is 0 Å². The van der Waals surface area contributed by atoms with E-state index in [0.717, 1.165) is 50.6 Å². The van der Waals surface area contributed by atoms with Gasteiger partial charge in [0, 0.05) is 39.7 Å². The SMILES string of the molecule is COC[C@@H]1CCCN1N1Cc2cc(OC)c(OC)cc2[C@@H](CCOC(C)=O)[C@H](C)C1. The zero-order valence-corrected chi connectivity index (χ0v) is 19.0. The van der Waals surface area contributed by atoms with Crippen molar-refractivity contribution in [2.24, 2.45) is 5.92 Å². The lowest BCUT2D eigenvalue weighted by Gasteiger charge is -2.37. The van der Waals surface area contributed by atoms with E-state index in [1.54, 1.807) is 21.3 Å². The van der Waals surface area contributed by atoms with Crippen molar-refractivity contribution in [2.75, 3.05) is 47.6 Å². The number of fused-ring (bicyclic) bond motifs is 1. The van der Waals surface area contributed by atoms with Gasteiger partial charge in [0.2, 0.25) is 0 Å². The number of esters is 1. The molecule has 2 heterocycles. The summed E-state index contributed by atoms with van der Waals surface area (Å²) in [4.78, 5) is 11.3. The van der Waals surface area contributed by atoms with Gasteiger partial charge in [-0.15, -0.1) is 0 Å². The zero-order valence-electron chi connectivity index (χ0n) is 19.0. The van der Waals surface area contributed by atoms with Gasteiger partial charge in [0.15, 0.2) is 11.5 Å². The number of rotatable bonds is 8. The fraction of sp³-hybridized carbons (Fsp3) is 0.696. The Kier molecular flexibility index (Phi) is 7.97. The first-order valence-electron chi connectivity index (χ1n) is 10.9. The molecule has 0 unspecified atom stereocenters. The van der Waals surface area contributed by atoms with Crippen molar-refractivity contribution < 1.29 is 23.7 Å².